The molecular weight excluding hydrogens is 448 g/mol. The van der Waals surface area contributed by atoms with Gasteiger partial charge in [0.25, 0.3) is 0 Å². The normalized spacial score (nSPS) is 23.1. The van der Waals surface area contributed by atoms with Gasteiger partial charge in [-0.05, 0) is 24.3 Å². The highest BCUT2D eigenvalue weighted by Crippen LogP contribution is 2.35. The molecule has 0 aliphatic carbocycles. The van der Waals surface area contributed by atoms with Crippen LogP contribution >= 0.6 is 8.73 Å². The third-order valence-corrected chi connectivity index (χ3v) is 5.94. The van der Waals surface area contributed by atoms with Crippen LogP contribution in [0.3, 0.4) is 0 Å². The lowest BCUT2D eigenvalue weighted by Crippen LogP contribution is -2.43. The Bertz CT molecular complexity index is 948. The molecule has 173 valence electrons. The first-order valence-electron chi connectivity index (χ1n) is 10.2. The molecule has 1 aliphatic rings. The van der Waals surface area contributed by atoms with E-state index in [2.05, 4.69) is 5.00 Å². The highest BCUT2D eigenvalue weighted by atomic mass is 31.1. The zero-order valence-corrected chi connectivity index (χ0v) is 19.0. The third kappa shape index (κ3) is 6.61. The van der Waals surface area contributed by atoms with Crippen molar-refractivity contribution >= 4 is 34.3 Å². The molecule has 1 radical (unpaired) electrons. The molecule has 33 heavy (non-hydrogen) atoms. The van der Waals surface area contributed by atoms with Crippen LogP contribution in [0.25, 0.3) is 0 Å². The summed E-state index contributed by atoms with van der Waals surface area (Å²) >= 11 is 0. The van der Waals surface area contributed by atoms with Crippen LogP contribution in [0.2, 0.25) is 0 Å². The van der Waals surface area contributed by atoms with Crippen molar-refractivity contribution in [2.45, 2.75) is 44.1 Å². The van der Waals surface area contributed by atoms with E-state index in [0.717, 1.165) is 7.62 Å². The van der Waals surface area contributed by atoms with Crippen molar-refractivity contribution in [3.8, 4) is 0 Å². The van der Waals surface area contributed by atoms with E-state index < -0.39 is 42.5 Å². The molecule has 1 heterocycles. The van der Waals surface area contributed by atoms with Crippen molar-refractivity contribution in [1.29, 1.82) is 0 Å². The van der Waals surface area contributed by atoms with Gasteiger partial charge in [0, 0.05) is 12.6 Å². The number of esters is 3. The average Bonchev–Trinajstić information content (AvgIpc) is 3.14. The second-order valence-corrected chi connectivity index (χ2v) is 8.74. The Morgan fingerprint density at radius 3 is 1.94 bits per heavy atom. The lowest BCUT2D eigenvalue weighted by atomic mass is 10.1. The second-order valence-electron chi connectivity index (χ2n) is 7.26. The summed E-state index contributed by atoms with van der Waals surface area (Å²) in [4.78, 5) is 40.0. The van der Waals surface area contributed by atoms with E-state index >= 15 is 0 Å². The molecule has 3 unspecified atom stereocenters. The fourth-order valence-electron chi connectivity index (χ4n) is 3.35. The lowest BCUT2D eigenvalue weighted by Gasteiger charge is -2.26. The highest BCUT2D eigenvalue weighted by Gasteiger charge is 2.53. The van der Waals surface area contributed by atoms with Crippen LogP contribution in [-0.4, -0.2) is 60.8 Å². The number of carbonyl (C=O) groups is 3. The first-order valence-corrected chi connectivity index (χ1v) is 11.3. The summed E-state index contributed by atoms with van der Waals surface area (Å²) < 4.78 is 22.6. The molecule has 2 aromatic rings. The number of hydrogen-bond donors (Lipinski definition) is 2. The molecule has 0 spiro atoms. The summed E-state index contributed by atoms with van der Waals surface area (Å²) in [5, 5.41) is 8.99. The van der Waals surface area contributed by atoms with Crippen molar-refractivity contribution in [2.24, 2.45) is 0 Å². The number of benzene rings is 2. The van der Waals surface area contributed by atoms with E-state index in [1.165, 1.54) is 6.92 Å². The van der Waals surface area contributed by atoms with E-state index in [4.69, 9.17) is 24.0 Å². The molecule has 0 bridgehead atoms. The van der Waals surface area contributed by atoms with Crippen LogP contribution in [0.1, 0.15) is 34.6 Å². The van der Waals surface area contributed by atoms with Crippen molar-refractivity contribution in [3.63, 3.8) is 0 Å². The molecule has 2 aromatic carbocycles. The van der Waals surface area contributed by atoms with Crippen molar-refractivity contribution in [1.82, 2.24) is 5.00 Å². The molecule has 2 N–H and O–H groups in total. The third-order valence-electron chi connectivity index (χ3n) is 4.86. The zero-order valence-electron chi connectivity index (χ0n) is 18.0. The van der Waals surface area contributed by atoms with Crippen molar-refractivity contribution in [3.05, 3.63) is 71.8 Å². The number of carbonyl (C=O) groups excluding carboxylic acids is 3. The Morgan fingerprint density at radius 1 is 0.939 bits per heavy atom. The molecule has 1 aliphatic heterocycles. The van der Waals surface area contributed by atoms with E-state index in [1.54, 1.807) is 67.6 Å². The Morgan fingerprint density at radius 2 is 1.45 bits per heavy atom. The fraction of sp³-hybridized carbons (Fsp3) is 0.318. The van der Waals surface area contributed by atoms with E-state index in [9.17, 15) is 14.4 Å². The predicted molar refractivity (Wildman–Crippen MR) is 121 cm³/mol. The van der Waals surface area contributed by atoms with Crippen LogP contribution < -0.4 is 5.00 Å². The van der Waals surface area contributed by atoms with Crippen molar-refractivity contribution < 1.29 is 38.4 Å². The van der Waals surface area contributed by atoms with E-state index in [1.807, 2.05) is 0 Å². The Balaban J connectivity index is 1.90. The summed E-state index contributed by atoms with van der Waals surface area (Å²) in [7, 11) is 0.777. The van der Waals surface area contributed by atoms with Crippen LogP contribution in [-0.2, 0) is 23.7 Å². The molecule has 1 fully saturated rings. The van der Waals surface area contributed by atoms with Crippen LogP contribution in [0.5, 0.6) is 0 Å². The molecule has 0 aromatic heterocycles. The maximum atomic E-state index is 12.8. The van der Waals surface area contributed by atoms with Gasteiger partial charge in [0.15, 0.2) is 6.10 Å². The molecule has 11 heteroatoms. The van der Waals surface area contributed by atoms with Crippen LogP contribution in [0, 0.1) is 0 Å². The number of rotatable bonds is 9. The minimum Gasteiger partial charge on any atom is -0.452 e. The van der Waals surface area contributed by atoms with Gasteiger partial charge in [-0.1, -0.05) is 52.1 Å². The largest absolute Gasteiger partial charge is 0.452 e. The van der Waals surface area contributed by atoms with E-state index in [0.29, 0.717) is 5.56 Å². The summed E-state index contributed by atoms with van der Waals surface area (Å²) in [5.41, 5.74) is 0.278. The molecule has 1 saturated heterocycles. The zero-order chi connectivity index (χ0) is 23.8. The van der Waals surface area contributed by atoms with Gasteiger partial charge in [-0.25, -0.2) is 9.59 Å². The van der Waals surface area contributed by atoms with Gasteiger partial charge >= 0.3 is 25.5 Å². The Hall–Kier alpha value is -2.78. The average molecular weight is 472 g/mol. The molecule has 6 atom stereocenters. The predicted octanol–water partition coefficient (Wildman–Crippen LogP) is 1.82. The van der Waals surface area contributed by atoms with Gasteiger partial charge in [-0.15, -0.1) is 0 Å². The van der Waals surface area contributed by atoms with Gasteiger partial charge in [-0.2, -0.15) is 0 Å². The van der Waals surface area contributed by atoms with Gasteiger partial charge in [0.1, 0.15) is 6.10 Å². The minimum absolute atomic E-state index is 0.0197. The SMILES string of the molecule is CC(=O)OC1O[C@H](C(C)PN[B]O)[C@@H](OC(=O)c2ccccc2)[C@H]1OC(=O)c1ccccc1. The fourth-order valence-corrected chi connectivity index (χ4v) is 4.12. The Kier molecular flexibility index (Phi) is 8.97. The number of hydrogen-bond acceptors (Lipinski definition) is 9. The molecular formula is C22H24BNO8P. The van der Waals surface area contributed by atoms with Crippen LogP contribution in [0.15, 0.2) is 60.7 Å². The topological polar surface area (TPSA) is 120 Å². The van der Waals surface area contributed by atoms with E-state index in [-0.39, 0.29) is 20.0 Å². The summed E-state index contributed by atoms with van der Waals surface area (Å²) in [5.74, 6) is -1.97. The first-order chi connectivity index (χ1) is 15.9. The van der Waals surface area contributed by atoms with Crippen LogP contribution in [0.4, 0.5) is 0 Å². The van der Waals surface area contributed by atoms with Gasteiger partial charge in [0.05, 0.1) is 11.1 Å². The standard InChI is InChI=1S/C22H24BNO8P/c1-13(33-24-23-28)17-18(30-20(26)15-9-5-3-6-10-15)19(22(32-17)29-14(2)25)31-21(27)16-11-7-4-8-12-16/h3-13,17-19,22,24,28,33H,1-2H3/t13?,17-,18-,19-,22?/m1/s1. The maximum absolute atomic E-state index is 12.8. The monoisotopic (exact) mass is 472 g/mol. The number of nitrogens with one attached hydrogen (secondary N) is 1. The van der Waals surface area contributed by atoms with Gasteiger partial charge < -0.3 is 29.0 Å². The number of ether oxygens (including phenoxy) is 4. The molecule has 3 rings (SSSR count). The molecule has 0 saturated carbocycles. The quantitative estimate of drug-likeness (QED) is 0.244. The smallest absolute Gasteiger partial charge is 0.396 e. The summed E-state index contributed by atoms with van der Waals surface area (Å²) in [6, 6.07) is 16.6. The maximum Gasteiger partial charge on any atom is 0.396 e. The van der Waals surface area contributed by atoms with Crippen molar-refractivity contribution in [2.75, 3.05) is 0 Å². The minimum atomic E-state index is -1.28. The van der Waals surface area contributed by atoms with Gasteiger partial charge in [-0.3, -0.25) is 4.79 Å². The summed E-state index contributed by atoms with van der Waals surface area (Å²) in [6.07, 6.45) is -4.34. The molecule has 9 nitrogen and oxygen atoms in total. The van der Waals surface area contributed by atoms with Gasteiger partial charge in [0.2, 0.25) is 12.4 Å². The summed E-state index contributed by atoms with van der Waals surface area (Å²) in [6.45, 7) is 3.00. The molecule has 0 amide bonds. The Labute approximate surface area is 193 Å². The lowest BCUT2D eigenvalue weighted by molar-refractivity contribution is -0.186. The second kappa shape index (κ2) is 11.9. The first kappa shape index (κ1) is 24.9. The highest BCUT2D eigenvalue weighted by molar-refractivity contribution is 7.38.